The molecule has 0 bridgehead atoms. The largest absolute Gasteiger partial charge is 0.455 e. The first-order valence-electron chi connectivity index (χ1n) is 13.6. The zero-order chi connectivity index (χ0) is 31.1. The van der Waals surface area contributed by atoms with Gasteiger partial charge in [0.25, 0.3) is 0 Å². The van der Waals surface area contributed by atoms with Gasteiger partial charge in [-0.3, -0.25) is 4.55 Å². The third kappa shape index (κ3) is 8.61. The van der Waals surface area contributed by atoms with Crippen LogP contribution in [0, 0.1) is 5.92 Å². The number of esters is 1. The maximum atomic E-state index is 13.3. The zero-order valence-electron chi connectivity index (χ0n) is 24.6. The van der Waals surface area contributed by atoms with Crippen molar-refractivity contribution in [2.24, 2.45) is 11.0 Å². The van der Waals surface area contributed by atoms with Crippen molar-refractivity contribution in [2.45, 2.75) is 83.1 Å². The van der Waals surface area contributed by atoms with Crippen LogP contribution in [0.3, 0.4) is 0 Å². The lowest BCUT2D eigenvalue weighted by Gasteiger charge is -2.49. The minimum atomic E-state index is -4.87. The molecule has 0 aliphatic carbocycles. The minimum Gasteiger partial charge on any atom is -0.455 e. The SMILES string of the molecule is CC(C)C(C)(C)[Si](C)(C)O[C@@H]1O[C@H](COS(=O)(=O)O)[C@H](OCc2ccccc2)[C@H](OC(=O)c2ccccc2)[C@H]1N=[N+]=[N-]. The number of rotatable bonds is 13. The summed E-state index contributed by atoms with van der Waals surface area (Å²) in [5.74, 6) is -0.505. The Hall–Kier alpha value is -2.81. The van der Waals surface area contributed by atoms with Gasteiger partial charge in [0, 0.05) is 4.91 Å². The van der Waals surface area contributed by atoms with E-state index in [0.29, 0.717) is 0 Å². The fourth-order valence-corrected chi connectivity index (χ4v) is 7.24. The summed E-state index contributed by atoms with van der Waals surface area (Å²) in [6.45, 7) is 11.6. The van der Waals surface area contributed by atoms with Gasteiger partial charge >= 0.3 is 16.4 Å². The first-order valence-corrected chi connectivity index (χ1v) is 17.8. The lowest BCUT2D eigenvalue weighted by molar-refractivity contribution is -0.253. The Labute approximate surface area is 248 Å². The van der Waals surface area contributed by atoms with E-state index in [4.69, 9.17) is 22.8 Å². The third-order valence-electron chi connectivity index (χ3n) is 8.12. The molecule has 14 heteroatoms. The molecule has 0 unspecified atom stereocenters. The Morgan fingerprint density at radius 2 is 1.69 bits per heavy atom. The predicted molar refractivity (Wildman–Crippen MR) is 157 cm³/mol. The van der Waals surface area contributed by atoms with Crippen molar-refractivity contribution in [3.63, 3.8) is 0 Å². The Morgan fingerprint density at radius 3 is 2.24 bits per heavy atom. The minimum absolute atomic E-state index is 0.0196. The highest BCUT2D eigenvalue weighted by molar-refractivity contribution is 7.80. The monoisotopic (exact) mass is 621 g/mol. The maximum absolute atomic E-state index is 13.3. The van der Waals surface area contributed by atoms with E-state index in [2.05, 4.69) is 37.7 Å². The molecule has 12 nitrogen and oxygen atoms in total. The van der Waals surface area contributed by atoms with Gasteiger partial charge in [0.1, 0.15) is 24.4 Å². The number of azide groups is 1. The van der Waals surface area contributed by atoms with Crippen molar-refractivity contribution in [1.29, 1.82) is 0 Å². The van der Waals surface area contributed by atoms with Crippen LogP contribution in [-0.4, -0.2) is 64.5 Å². The van der Waals surface area contributed by atoms with Gasteiger partial charge in [-0.15, -0.1) is 0 Å². The number of hydrogen-bond acceptors (Lipinski definition) is 9. The van der Waals surface area contributed by atoms with E-state index in [1.807, 2.05) is 43.4 Å². The fourth-order valence-electron chi connectivity index (χ4n) is 4.46. The van der Waals surface area contributed by atoms with Crippen molar-refractivity contribution in [1.82, 2.24) is 0 Å². The van der Waals surface area contributed by atoms with Gasteiger partial charge < -0.3 is 18.6 Å². The van der Waals surface area contributed by atoms with E-state index < -0.39 is 61.9 Å². The molecule has 42 heavy (non-hydrogen) atoms. The number of carbonyl (C=O) groups excluding carboxylic acids is 1. The van der Waals surface area contributed by atoms with Crippen molar-refractivity contribution < 1.29 is 40.6 Å². The first kappa shape index (κ1) is 33.7. The number of carbonyl (C=O) groups is 1. The predicted octanol–water partition coefficient (Wildman–Crippen LogP) is 5.68. The molecule has 2 aromatic carbocycles. The molecule has 1 fully saturated rings. The van der Waals surface area contributed by atoms with Crippen LogP contribution in [0.4, 0.5) is 0 Å². The highest BCUT2D eigenvalue weighted by Crippen LogP contribution is 2.46. The molecule has 1 saturated heterocycles. The Balaban J connectivity index is 2.07. The zero-order valence-corrected chi connectivity index (χ0v) is 26.4. The average Bonchev–Trinajstić information content (AvgIpc) is 2.93. The summed E-state index contributed by atoms with van der Waals surface area (Å²) >= 11 is 0. The molecule has 0 spiro atoms. The second kappa shape index (κ2) is 14.1. The first-order chi connectivity index (χ1) is 19.7. The average molecular weight is 622 g/mol. The highest BCUT2D eigenvalue weighted by Gasteiger charge is 2.53. The fraction of sp³-hybridized carbons (Fsp3) is 0.536. The van der Waals surface area contributed by atoms with Crippen LogP contribution < -0.4 is 0 Å². The molecule has 3 rings (SSSR count). The molecule has 1 N–H and O–H groups in total. The van der Waals surface area contributed by atoms with Crippen LogP contribution in [-0.2, 0) is 39.8 Å². The van der Waals surface area contributed by atoms with Crippen LogP contribution in [0.1, 0.15) is 43.6 Å². The Kier molecular flexibility index (Phi) is 11.3. The maximum Gasteiger partial charge on any atom is 0.397 e. The summed E-state index contributed by atoms with van der Waals surface area (Å²) in [4.78, 5) is 16.3. The highest BCUT2D eigenvalue weighted by atomic mass is 32.3. The molecular weight excluding hydrogens is 582 g/mol. The van der Waals surface area contributed by atoms with E-state index >= 15 is 0 Å². The molecule has 1 heterocycles. The molecular formula is C28H39N3O9SSi. The molecule has 0 amide bonds. The summed E-state index contributed by atoms with van der Waals surface area (Å²) in [6.07, 6.45) is -4.93. The quantitative estimate of drug-likeness (QED) is 0.0739. The second-order valence-electron chi connectivity index (χ2n) is 11.5. The molecule has 230 valence electrons. The number of nitrogens with zero attached hydrogens (tertiary/aromatic N) is 3. The lowest BCUT2D eigenvalue weighted by Crippen LogP contribution is -2.63. The van der Waals surface area contributed by atoms with E-state index in [1.54, 1.807) is 30.3 Å². The van der Waals surface area contributed by atoms with Gasteiger partial charge in [-0.2, -0.15) is 8.42 Å². The van der Waals surface area contributed by atoms with Crippen LogP contribution in [0.2, 0.25) is 18.1 Å². The van der Waals surface area contributed by atoms with Gasteiger partial charge in [-0.1, -0.05) is 81.3 Å². The number of ether oxygens (including phenoxy) is 3. The van der Waals surface area contributed by atoms with E-state index in [0.717, 1.165) is 5.56 Å². The van der Waals surface area contributed by atoms with Gasteiger partial charge in [-0.05, 0) is 47.3 Å². The molecule has 1 aliphatic heterocycles. The van der Waals surface area contributed by atoms with Crippen LogP contribution in [0.25, 0.3) is 10.4 Å². The Bertz CT molecular complexity index is 1340. The van der Waals surface area contributed by atoms with Crippen LogP contribution in [0.15, 0.2) is 65.8 Å². The van der Waals surface area contributed by atoms with Crippen molar-refractivity contribution >= 4 is 24.7 Å². The standard InChI is InChI=1S/C28H39N3O9SSi/c1-19(2)28(3,4)42(5,6)40-27-23(30-31-29)25(39-26(32)21-15-11-8-12-16-21)24(22(38-27)18-37-41(33,34)35)36-17-20-13-9-7-10-14-20/h7-16,19,22-25,27H,17-18H2,1-6H3,(H,33,34,35)/t22-,23-,24+,25-,27+/m1/s1. The van der Waals surface area contributed by atoms with Crippen LogP contribution >= 0.6 is 0 Å². The summed E-state index contributed by atoms with van der Waals surface area (Å²) in [5.41, 5.74) is 10.6. The molecule has 2 aromatic rings. The van der Waals surface area contributed by atoms with Gasteiger partial charge in [-0.25, -0.2) is 8.98 Å². The van der Waals surface area contributed by atoms with Crippen molar-refractivity contribution in [3.8, 4) is 0 Å². The smallest absolute Gasteiger partial charge is 0.397 e. The van der Waals surface area contributed by atoms with E-state index in [-0.39, 0.29) is 23.1 Å². The van der Waals surface area contributed by atoms with Gasteiger partial charge in [0.15, 0.2) is 14.6 Å². The normalized spacial score (nSPS) is 23.3. The third-order valence-corrected chi connectivity index (χ3v) is 13.1. The van der Waals surface area contributed by atoms with E-state index in [9.17, 15) is 23.3 Å². The second-order valence-corrected chi connectivity index (χ2v) is 17.1. The topological polar surface area (TPSA) is 166 Å². The lowest BCUT2D eigenvalue weighted by atomic mass is 9.96. The number of hydrogen-bond donors (Lipinski definition) is 1. The summed E-state index contributed by atoms with van der Waals surface area (Å²) in [6, 6.07) is 16.1. The van der Waals surface area contributed by atoms with Crippen molar-refractivity contribution in [2.75, 3.05) is 6.61 Å². The molecule has 1 aliphatic rings. The molecule has 0 radical (unpaired) electrons. The number of benzene rings is 2. The van der Waals surface area contributed by atoms with Gasteiger partial charge in [0.2, 0.25) is 0 Å². The molecule has 5 atom stereocenters. The van der Waals surface area contributed by atoms with Gasteiger partial charge in [0.05, 0.1) is 18.8 Å². The summed E-state index contributed by atoms with van der Waals surface area (Å²) < 4.78 is 62.1. The molecule has 0 aromatic heterocycles. The van der Waals surface area contributed by atoms with Crippen molar-refractivity contribution in [3.05, 3.63) is 82.2 Å². The van der Waals surface area contributed by atoms with E-state index in [1.165, 1.54) is 0 Å². The summed E-state index contributed by atoms with van der Waals surface area (Å²) in [7, 11) is -7.53. The summed E-state index contributed by atoms with van der Waals surface area (Å²) in [5, 5.41) is 3.66. The van der Waals surface area contributed by atoms with Crippen LogP contribution in [0.5, 0.6) is 0 Å². The molecule has 0 saturated carbocycles. The Morgan fingerprint density at radius 1 is 1.10 bits per heavy atom.